The van der Waals surface area contributed by atoms with Crippen molar-refractivity contribution in [2.75, 3.05) is 6.61 Å². The van der Waals surface area contributed by atoms with E-state index in [0.717, 1.165) is 34.7 Å². The first kappa shape index (κ1) is 17.5. The van der Waals surface area contributed by atoms with Crippen LogP contribution in [0.2, 0.25) is 0 Å². The second-order valence-electron chi connectivity index (χ2n) is 8.89. The Morgan fingerprint density at radius 3 is 2.41 bits per heavy atom. The lowest BCUT2D eigenvalue weighted by Crippen LogP contribution is -2.51. The molecule has 0 atom stereocenters. The second kappa shape index (κ2) is 6.20. The molecule has 4 aliphatic rings. The molecule has 1 aromatic heterocycles. The van der Waals surface area contributed by atoms with Crippen molar-refractivity contribution in [2.45, 2.75) is 45.4 Å². The summed E-state index contributed by atoms with van der Waals surface area (Å²) in [6.45, 7) is 1.71. The van der Waals surface area contributed by atoms with Crippen LogP contribution in [0, 0.1) is 30.1 Å². The van der Waals surface area contributed by atoms with Crippen molar-refractivity contribution in [1.82, 2.24) is 0 Å². The Kier molecular flexibility index (Phi) is 4.01. The fraction of sp³-hybridized carbons (Fsp3) is 0.545. The minimum Gasteiger partial charge on any atom is -0.452 e. The molecule has 5 heteroatoms. The van der Waals surface area contributed by atoms with Gasteiger partial charge in [-0.2, -0.15) is 0 Å². The van der Waals surface area contributed by atoms with E-state index < -0.39 is 5.97 Å². The second-order valence-corrected chi connectivity index (χ2v) is 9.81. The molecular weight excluding hydrogens is 408 g/mol. The number of hydrogen-bond acceptors (Lipinski definition) is 4. The molecule has 4 aliphatic carbocycles. The Labute approximate surface area is 166 Å². The largest absolute Gasteiger partial charge is 0.452 e. The van der Waals surface area contributed by atoms with Crippen LogP contribution in [0.5, 0.6) is 0 Å². The monoisotopic (exact) mass is 430 g/mol. The summed E-state index contributed by atoms with van der Waals surface area (Å²) >= 11 is 3.44. The molecule has 0 spiro atoms. The summed E-state index contributed by atoms with van der Waals surface area (Å²) in [4.78, 5) is 25.6. The standard InChI is InChI=1S/C22H23BrO4/c1-12-17-7-16(23)2-3-18(17)27-20(12)21(25)26-11-19(24)22-8-13-4-14(9-22)6-15(5-13)10-22/h2-3,7,13-15H,4-6,8-11H2,1H3. The number of furan rings is 1. The Balaban J connectivity index is 1.31. The molecule has 4 nitrogen and oxygen atoms in total. The number of carbonyl (C=O) groups excluding carboxylic acids is 2. The van der Waals surface area contributed by atoms with E-state index in [-0.39, 0.29) is 23.6 Å². The molecule has 4 fully saturated rings. The normalized spacial score (nSPS) is 31.4. The maximum Gasteiger partial charge on any atom is 0.374 e. The maximum atomic E-state index is 13.0. The minimum atomic E-state index is -0.544. The molecule has 1 heterocycles. The fourth-order valence-electron chi connectivity index (χ4n) is 6.19. The zero-order chi connectivity index (χ0) is 18.8. The number of ketones is 1. The average Bonchev–Trinajstić information content (AvgIpc) is 2.94. The molecule has 0 N–H and O–H groups in total. The number of fused-ring (bicyclic) bond motifs is 1. The van der Waals surface area contributed by atoms with Crippen LogP contribution in [0.4, 0.5) is 0 Å². The lowest BCUT2D eigenvalue weighted by molar-refractivity contribution is -0.147. The highest BCUT2D eigenvalue weighted by Gasteiger charge is 2.54. The molecule has 4 bridgehead atoms. The van der Waals surface area contributed by atoms with Gasteiger partial charge in [-0.1, -0.05) is 15.9 Å². The van der Waals surface area contributed by atoms with Crippen LogP contribution in [0.25, 0.3) is 11.0 Å². The number of ether oxygens (including phenoxy) is 1. The summed E-state index contributed by atoms with van der Waals surface area (Å²) < 4.78 is 12.0. The maximum absolute atomic E-state index is 13.0. The third-order valence-electron chi connectivity index (χ3n) is 7.05. The van der Waals surface area contributed by atoms with Gasteiger partial charge < -0.3 is 9.15 Å². The molecule has 0 amide bonds. The first-order chi connectivity index (χ1) is 12.9. The minimum absolute atomic E-state index is 0.117. The van der Waals surface area contributed by atoms with Crippen LogP contribution in [0.1, 0.15) is 54.6 Å². The van der Waals surface area contributed by atoms with Gasteiger partial charge >= 0.3 is 5.97 Å². The Bertz CT molecular complexity index is 906. The number of esters is 1. The molecule has 1 aromatic carbocycles. The molecule has 4 saturated carbocycles. The SMILES string of the molecule is Cc1c(C(=O)OCC(=O)C23CC4CC(CC(C4)C2)C3)oc2ccc(Br)cc12. The van der Waals surface area contributed by atoms with E-state index in [1.165, 1.54) is 19.3 Å². The highest BCUT2D eigenvalue weighted by Crippen LogP contribution is 2.60. The van der Waals surface area contributed by atoms with Gasteiger partial charge in [-0.25, -0.2) is 4.79 Å². The van der Waals surface area contributed by atoms with Crippen molar-refractivity contribution in [3.63, 3.8) is 0 Å². The zero-order valence-electron chi connectivity index (χ0n) is 15.4. The third-order valence-corrected chi connectivity index (χ3v) is 7.54. The van der Waals surface area contributed by atoms with E-state index in [1.807, 2.05) is 25.1 Å². The Hall–Kier alpha value is -1.62. The van der Waals surface area contributed by atoms with E-state index in [2.05, 4.69) is 15.9 Å². The summed E-state index contributed by atoms with van der Waals surface area (Å²) in [5.74, 6) is 1.87. The van der Waals surface area contributed by atoms with Gasteiger partial charge in [-0.3, -0.25) is 4.79 Å². The van der Waals surface area contributed by atoms with Gasteiger partial charge in [-0.05, 0) is 81.4 Å². The van der Waals surface area contributed by atoms with Crippen molar-refractivity contribution < 1.29 is 18.7 Å². The predicted octanol–water partition coefficient (Wildman–Crippen LogP) is 5.45. The van der Waals surface area contributed by atoms with Crippen LogP contribution >= 0.6 is 15.9 Å². The van der Waals surface area contributed by atoms with Crippen molar-refractivity contribution in [3.05, 3.63) is 34.0 Å². The van der Waals surface area contributed by atoms with Gasteiger partial charge in [-0.15, -0.1) is 0 Å². The molecule has 142 valence electrons. The van der Waals surface area contributed by atoms with Gasteiger partial charge in [0.2, 0.25) is 5.76 Å². The molecule has 0 aliphatic heterocycles. The lowest BCUT2D eigenvalue weighted by atomic mass is 9.48. The summed E-state index contributed by atoms with van der Waals surface area (Å²) in [6, 6.07) is 5.62. The first-order valence-corrected chi connectivity index (χ1v) is 10.6. The quantitative estimate of drug-likeness (QED) is 0.605. The number of carbonyl (C=O) groups is 2. The van der Waals surface area contributed by atoms with E-state index in [0.29, 0.717) is 23.3 Å². The van der Waals surface area contributed by atoms with Crippen LogP contribution in [-0.4, -0.2) is 18.4 Å². The molecule has 0 radical (unpaired) electrons. The molecule has 6 rings (SSSR count). The average molecular weight is 431 g/mol. The summed E-state index contributed by atoms with van der Waals surface area (Å²) in [5.41, 5.74) is 1.16. The van der Waals surface area contributed by atoms with Crippen molar-refractivity contribution >= 4 is 38.7 Å². The number of halogens is 1. The topological polar surface area (TPSA) is 56.5 Å². The highest BCUT2D eigenvalue weighted by molar-refractivity contribution is 9.10. The van der Waals surface area contributed by atoms with Crippen LogP contribution < -0.4 is 0 Å². The van der Waals surface area contributed by atoms with Crippen LogP contribution in [0.15, 0.2) is 27.1 Å². The van der Waals surface area contributed by atoms with Crippen molar-refractivity contribution in [2.24, 2.45) is 23.2 Å². The Morgan fingerprint density at radius 2 is 1.78 bits per heavy atom. The highest BCUT2D eigenvalue weighted by atomic mass is 79.9. The number of hydrogen-bond donors (Lipinski definition) is 0. The van der Waals surface area contributed by atoms with Crippen molar-refractivity contribution in [3.8, 4) is 0 Å². The van der Waals surface area contributed by atoms with Gasteiger partial charge in [0.25, 0.3) is 0 Å². The van der Waals surface area contributed by atoms with Gasteiger partial charge in [0.1, 0.15) is 5.58 Å². The number of Topliss-reactive ketones (excluding diaryl/α,β-unsaturated/α-hetero) is 1. The number of benzene rings is 1. The number of aryl methyl sites for hydroxylation is 1. The molecule has 2 aromatic rings. The molecular formula is C22H23BrO4. The van der Waals surface area contributed by atoms with Gasteiger partial charge in [0.15, 0.2) is 12.4 Å². The van der Waals surface area contributed by atoms with E-state index in [9.17, 15) is 9.59 Å². The predicted molar refractivity (Wildman–Crippen MR) is 105 cm³/mol. The third kappa shape index (κ3) is 2.86. The van der Waals surface area contributed by atoms with Crippen LogP contribution in [-0.2, 0) is 9.53 Å². The van der Waals surface area contributed by atoms with E-state index >= 15 is 0 Å². The summed E-state index contributed by atoms with van der Waals surface area (Å²) in [7, 11) is 0. The fourth-order valence-corrected chi connectivity index (χ4v) is 6.55. The summed E-state index contributed by atoms with van der Waals surface area (Å²) in [6.07, 6.45) is 6.85. The molecule has 0 unspecified atom stereocenters. The van der Waals surface area contributed by atoms with Crippen molar-refractivity contribution in [1.29, 1.82) is 0 Å². The van der Waals surface area contributed by atoms with Gasteiger partial charge in [0.05, 0.1) is 0 Å². The zero-order valence-corrected chi connectivity index (χ0v) is 17.0. The van der Waals surface area contributed by atoms with Crippen LogP contribution in [0.3, 0.4) is 0 Å². The number of rotatable bonds is 4. The first-order valence-electron chi connectivity index (χ1n) is 9.82. The smallest absolute Gasteiger partial charge is 0.374 e. The Morgan fingerprint density at radius 1 is 1.15 bits per heavy atom. The van der Waals surface area contributed by atoms with E-state index in [1.54, 1.807) is 0 Å². The van der Waals surface area contributed by atoms with Gasteiger partial charge in [0, 0.05) is 20.8 Å². The molecule has 0 saturated heterocycles. The lowest BCUT2D eigenvalue weighted by Gasteiger charge is -2.55. The summed E-state index contributed by atoms with van der Waals surface area (Å²) in [5, 5.41) is 0.878. The molecule has 27 heavy (non-hydrogen) atoms. The van der Waals surface area contributed by atoms with E-state index in [4.69, 9.17) is 9.15 Å².